The predicted molar refractivity (Wildman–Crippen MR) is 517 cm³/mol. The van der Waals surface area contributed by atoms with Gasteiger partial charge in [0.25, 0.3) is 0 Å². The Labute approximate surface area is 777 Å². The second-order valence-corrected chi connectivity index (χ2v) is 33.6. The van der Waals surface area contributed by atoms with Gasteiger partial charge in [-0.05, 0) is 248 Å². The van der Waals surface area contributed by atoms with Gasteiger partial charge in [0.2, 0.25) is 0 Å². The third kappa shape index (κ3) is 41.9. The van der Waals surface area contributed by atoms with Crippen LogP contribution in [-0.2, 0) is 12.4 Å². The lowest BCUT2D eigenvalue weighted by molar-refractivity contribution is 0.233. The van der Waals surface area contributed by atoms with Crippen molar-refractivity contribution in [2.45, 2.75) is 230 Å². The van der Waals surface area contributed by atoms with Crippen LogP contribution in [0.4, 0.5) is 8.78 Å². The summed E-state index contributed by atoms with van der Waals surface area (Å²) in [4.78, 5) is 0. The second kappa shape index (κ2) is 62.1. The number of hydrogen-bond donors (Lipinski definition) is 5. The van der Waals surface area contributed by atoms with Crippen molar-refractivity contribution in [2.75, 3.05) is 26.4 Å². The Morgan fingerprint density at radius 3 is 1.15 bits per heavy atom. The molecule has 674 valence electrons. The van der Waals surface area contributed by atoms with Gasteiger partial charge in [0, 0.05) is 31.8 Å². The fraction of sp³-hybridized carbons (Fsp3) is 0.358. The van der Waals surface area contributed by atoms with E-state index in [1.807, 2.05) is 176 Å². The Hall–Kier alpha value is -13.1. The fourth-order valence-electron chi connectivity index (χ4n) is 11.3. The molecule has 0 heterocycles. The van der Waals surface area contributed by atoms with Crippen LogP contribution >= 0.6 is 24.2 Å². The van der Waals surface area contributed by atoms with Crippen molar-refractivity contribution in [1.82, 2.24) is 0 Å². The molecule has 0 bridgehead atoms. The van der Waals surface area contributed by atoms with E-state index < -0.39 is 5.82 Å². The lowest BCUT2D eigenvalue weighted by Crippen LogP contribution is -2.01. The van der Waals surface area contributed by atoms with Gasteiger partial charge in [-0.15, -0.1) is 0 Å². The summed E-state index contributed by atoms with van der Waals surface area (Å²) >= 11 is 9.95. The zero-order valence-corrected chi connectivity index (χ0v) is 80.1. The monoisotopic (exact) mass is 1770 g/mol. The highest BCUT2D eigenvalue weighted by Gasteiger charge is 2.14. The molecule has 0 radical (unpaired) electrons. The lowest BCUT2D eigenvalue weighted by atomic mass is 9.98. The average molecular weight is 1780 g/mol. The summed E-state index contributed by atoms with van der Waals surface area (Å²) in [7, 11) is 0. The zero-order valence-electron chi connectivity index (χ0n) is 78.5. The summed E-state index contributed by atoms with van der Waals surface area (Å²) in [5, 5.41) is 123. The molecule has 0 fully saturated rings. The van der Waals surface area contributed by atoms with Crippen LogP contribution in [0.15, 0.2) is 188 Å². The van der Waals surface area contributed by atoms with Crippen LogP contribution in [0, 0.1) is 132 Å². The number of benzene rings is 10. The van der Waals surface area contributed by atoms with E-state index in [0.717, 1.165) is 61.2 Å². The van der Waals surface area contributed by atoms with Crippen molar-refractivity contribution in [3.63, 3.8) is 0 Å². The van der Waals surface area contributed by atoms with Gasteiger partial charge in [0.15, 0.2) is 0 Å². The van der Waals surface area contributed by atoms with Crippen molar-refractivity contribution in [3.8, 4) is 77.9 Å². The van der Waals surface area contributed by atoms with E-state index in [2.05, 4.69) is 164 Å². The summed E-state index contributed by atoms with van der Waals surface area (Å²) < 4.78 is 37.0. The summed E-state index contributed by atoms with van der Waals surface area (Å²) in [5.74, 6) is 5.16. The highest BCUT2D eigenvalue weighted by atomic mass is 35.5. The van der Waals surface area contributed by atoms with Crippen LogP contribution in [0.3, 0.4) is 0 Å². The van der Waals surface area contributed by atoms with Crippen molar-refractivity contribution in [1.29, 1.82) is 52.6 Å². The average Bonchev–Trinajstić information content (AvgIpc) is 0.887. The maximum atomic E-state index is 13.3. The minimum atomic E-state index is -0.443. The number of rotatable bonds is 20. The molecule has 10 rings (SSSR count). The van der Waals surface area contributed by atoms with E-state index in [9.17, 15) is 13.9 Å². The van der Waals surface area contributed by atoms with E-state index in [4.69, 9.17) is 89.0 Å². The van der Waals surface area contributed by atoms with Crippen molar-refractivity contribution < 1.29 is 38.7 Å². The number of hydrogen-bond acceptors (Lipinski definition) is 17. The zero-order chi connectivity index (χ0) is 97.6. The van der Waals surface area contributed by atoms with Crippen LogP contribution in [0.1, 0.15) is 338 Å². The molecular weight excluding hydrogens is 1650 g/mol. The molecule has 4 N–H and O–H groups in total. The van der Waals surface area contributed by atoms with E-state index in [-0.39, 0.29) is 48.4 Å². The molecule has 10 aromatic carbocycles. The topological polar surface area (TPSA) is 337 Å². The fourth-order valence-corrected chi connectivity index (χ4v) is 11.7. The number of aliphatic hydroxyl groups is 3. The molecule has 0 aliphatic carbocycles. The summed E-state index contributed by atoms with van der Waals surface area (Å²) in [5.41, 5.74) is 18.9. The number of halogens is 3. The van der Waals surface area contributed by atoms with E-state index in [1.165, 1.54) is 34.9 Å². The van der Waals surface area contributed by atoms with Gasteiger partial charge in [0.1, 0.15) is 53.2 Å². The molecule has 0 aliphatic heterocycles. The first-order chi connectivity index (χ1) is 61.2. The van der Waals surface area contributed by atoms with Gasteiger partial charge >= 0.3 is 0 Å². The normalized spacial score (nSPS) is 9.98. The van der Waals surface area contributed by atoms with Gasteiger partial charge in [-0.1, -0.05) is 229 Å². The number of ether oxygens (including phenoxy) is 2. The van der Waals surface area contributed by atoms with Gasteiger partial charge < -0.3 is 29.9 Å². The molecule has 0 saturated heterocycles. The number of nitrogens with zero attached hydrogens (tertiary/aromatic N) is 10. The molecule has 0 atom stereocenters. The molecule has 0 amide bonds. The Morgan fingerprint density at radius 1 is 0.333 bits per heavy atom. The summed E-state index contributed by atoms with van der Waals surface area (Å²) in [6.07, 6.45) is 1.19. The molecular formula is C109H125ClF2N10O6S. The van der Waals surface area contributed by atoms with Crippen molar-refractivity contribution in [2.24, 2.45) is 0 Å². The molecule has 10 aromatic rings. The number of phenols is 1. The Bertz CT molecular complexity index is 5380. The minimum Gasteiger partial charge on any atom is -0.508 e. The number of aromatic hydroxyl groups is 1. The van der Waals surface area contributed by atoms with Crippen LogP contribution in [0.5, 0.6) is 17.2 Å². The molecule has 20 heteroatoms. The van der Waals surface area contributed by atoms with Gasteiger partial charge in [-0.3, -0.25) is 0 Å². The molecule has 16 nitrogen and oxygen atoms in total. The van der Waals surface area contributed by atoms with E-state index in [1.54, 1.807) is 48.5 Å². The number of thiol groups is 1. The minimum absolute atomic E-state index is 0.0682. The molecule has 0 unspecified atom stereocenters. The second-order valence-electron chi connectivity index (χ2n) is 32.9. The molecule has 129 heavy (non-hydrogen) atoms. The molecule has 0 spiro atoms. The molecule has 0 aliphatic rings. The van der Waals surface area contributed by atoms with Crippen molar-refractivity contribution >= 4 is 24.2 Å². The highest BCUT2D eigenvalue weighted by molar-refractivity contribution is 7.79. The van der Waals surface area contributed by atoms with Crippen LogP contribution < -0.4 is 9.47 Å². The smallest absolute Gasteiger partial charge is 0.144 e. The van der Waals surface area contributed by atoms with E-state index in [0.29, 0.717) is 141 Å². The van der Waals surface area contributed by atoms with Crippen LogP contribution in [0.25, 0.3) is 0 Å². The summed E-state index contributed by atoms with van der Waals surface area (Å²) in [6, 6.07) is 77.2. The van der Waals surface area contributed by atoms with Crippen molar-refractivity contribution in [3.05, 3.63) is 333 Å². The number of aliphatic hydroxyl groups excluding tert-OH is 3. The third-order valence-corrected chi connectivity index (χ3v) is 20.3. The highest BCUT2D eigenvalue weighted by Crippen LogP contribution is 2.29. The first-order valence-electron chi connectivity index (χ1n) is 42.9. The number of phenolic OH excluding ortho intramolecular Hbond substituents is 1. The van der Waals surface area contributed by atoms with Gasteiger partial charge in [0.05, 0.1) is 117 Å². The van der Waals surface area contributed by atoms with Crippen LogP contribution in [0.2, 0.25) is 5.02 Å². The maximum absolute atomic E-state index is 13.3. The summed E-state index contributed by atoms with van der Waals surface area (Å²) in [6.45, 7) is 44.3. The van der Waals surface area contributed by atoms with Gasteiger partial charge in [-0.25, -0.2) is 8.78 Å². The molecule has 0 aromatic heterocycles. The first-order valence-corrected chi connectivity index (χ1v) is 43.9. The van der Waals surface area contributed by atoms with Gasteiger partial charge in [-0.2, -0.15) is 65.2 Å². The third-order valence-electron chi connectivity index (χ3n) is 19.6. The number of nitriles is 10. The van der Waals surface area contributed by atoms with E-state index >= 15 is 0 Å². The SMILES string of the molecule is CC(C)c1cc(C#N)cc(OCCCO)c1.CC(C)c1cc(O)cc(C#N)c1.CC(C)c1ccc(CO)c(C#N)c1.CC(C)c1ccc(CS)c(C#N)c1.CC(C)c1ccc(Cl)c(C#N)c1.CC(C)c1ccc(F)c(C#N)c1.CC(C)c1ccc(OCCCO)c(C#N)c1.CC(C)c1cccc(C#N)c1.CC(C)c1cccc(C#N)c1F.Cc1ccc(C(C)C)cc1C#N. The Kier molecular flexibility index (Phi) is 54.8. The lowest BCUT2D eigenvalue weighted by Gasteiger charge is -2.10. The predicted octanol–water partition coefficient (Wildman–Crippen LogP) is 27.2. The quantitative estimate of drug-likeness (QED) is 0.0350. The standard InChI is InChI=1S/2C13H17NO2.C11H13NO.C11H13NS.C11H13N.C10H10ClN.2C10H10FN.C10H11NO.C10H11N/c1-10(2)11-4-5-13(12(8-11)9-14)16-7-3-6-15;1-10(2)12-6-11(9-14)7-13(8-12)16-5-3-4-15;2*1-8(2)9-3-4-10(7-13)11(5-9)6-12;1-8(2)10-5-4-9(3)11(6-10)7-12;2*1-7(2)8-3-4-10(11)9(5-8)6-12;1-7(2)9-5-3-4-8(6-12)10(9)11;1-7(2)9-3-8(6-11)4-10(12)5-9;1-8(2)10-5-3-4-9(6-10)7-11/h4-5,8,10,15H,3,6-7H2,1-2H3;6-8,10,15H,3-5H2,1-2H3;2*3-5,8,13H,7H2,1-2H3;4-6,8H,1-3H3;3*3-5,7H,1-2H3;3-5,7,12H,1-2H3;3-6,8H,1-2H3. The maximum Gasteiger partial charge on any atom is 0.144 e. The Morgan fingerprint density at radius 2 is 0.705 bits per heavy atom. The van der Waals surface area contributed by atoms with Crippen LogP contribution in [-0.4, -0.2) is 46.9 Å². The first kappa shape index (κ1) is 114. The largest absolute Gasteiger partial charge is 0.508 e. The molecule has 0 saturated carbocycles. The number of aryl methyl sites for hydroxylation is 1. The Balaban J connectivity index is 0.000000718.